The minimum Gasteiger partial charge on any atom is -0.316 e. The molecule has 0 aromatic heterocycles. The van der Waals surface area contributed by atoms with E-state index in [-0.39, 0.29) is 6.04 Å². The monoisotopic (exact) mass is 284 g/mol. The summed E-state index contributed by atoms with van der Waals surface area (Å²) in [6, 6.07) is 5.55. The standard InChI is InChI=1S/C14H24N2O2S/c1-5-13(6-2)16-19(17,18)14-9-12(10-15-4)8-7-11(14)3/h7-9,13,15-16H,5-6,10H2,1-4H3. The molecule has 5 heteroatoms. The molecule has 2 N–H and O–H groups in total. The first-order chi connectivity index (χ1) is 8.94. The Hall–Kier alpha value is -0.910. The van der Waals surface area contributed by atoms with Gasteiger partial charge in [-0.05, 0) is 44.0 Å². The number of aryl methyl sites for hydroxylation is 1. The second kappa shape index (κ2) is 7.03. The van der Waals surface area contributed by atoms with Crippen molar-refractivity contribution in [2.45, 2.75) is 51.1 Å². The number of hydrogen-bond acceptors (Lipinski definition) is 3. The van der Waals surface area contributed by atoms with E-state index in [1.165, 1.54) is 0 Å². The minimum atomic E-state index is -3.43. The lowest BCUT2D eigenvalue weighted by Crippen LogP contribution is -2.34. The van der Waals surface area contributed by atoms with E-state index >= 15 is 0 Å². The van der Waals surface area contributed by atoms with E-state index < -0.39 is 10.0 Å². The zero-order valence-electron chi connectivity index (χ0n) is 12.2. The number of benzene rings is 1. The Morgan fingerprint density at radius 3 is 2.37 bits per heavy atom. The molecule has 0 amide bonds. The van der Waals surface area contributed by atoms with Gasteiger partial charge in [0.2, 0.25) is 10.0 Å². The van der Waals surface area contributed by atoms with Crippen molar-refractivity contribution >= 4 is 10.0 Å². The lowest BCUT2D eigenvalue weighted by atomic mass is 10.1. The second-order valence-electron chi connectivity index (χ2n) is 4.76. The molecule has 19 heavy (non-hydrogen) atoms. The van der Waals surface area contributed by atoms with Gasteiger partial charge in [0.1, 0.15) is 0 Å². The summed E-state index contributed by atoms with van der Waals surface area (Å²) in [4.78, 5) is 0.382. The molecule has 0 unspecified atom stereocenters. The van der Waals surface area contributed by atoms with Crippen molar-refractivity contribution < 1.29 is 8.42 Å². The highest BCUT2D eigenvalue weighted by Gasteiger charge is 2.20. The van der Waals surface area contributed by atoms with Crippen LogP contribution in [0.3, 0.4) is 0 Å². The molecule has 0 heterocycles. The smallest absolute Gasteiger partial charge is 0.241 e. The summed E-state index contributed by atoms with van der Waals surface area (Å²) in [7, 11) is -1.59. The van der Waals surface area contributed by atoms with Crippen LogP contribution in [0.15, 0.2) is 23.1 Å². The predicted octanol–water partition coefficient (Wildman–Crippen LogP) is 2.18. The van der Waals surface area contributed by atoms with Gasteiger partial charge in [-0.1, -0.05) is 26.0 Å². The molecule has 0 fully saturated rings. The van der Waals surface area contributed by atoms with Crippen molar-refractivity contribution in [2.75, 3.05) is 7.05 Å². The normalized spacial score (nSPS) is 12.1. The Labute approximate surface area is 116 Å². The summed E-state index contributed by atoms with van der Waals surface area (Å²) < 4.78 is 27.6. The van der Waals surface area contributed by atoms with Crippen molar-refractivity contribution in [1.29, 1.82) is 0 Å². The molecule has 1 aromatic rings. The SMILES string of the molecule is CCC(CC)NS(=O)(=O)c1cc(CNC)ccc1C. The van der Waals surface area contributed by atoms with Gasteiger partial charge in [-0.15, -0.1) is 0 Å². The second-order valence-corrected chi connectivity index (χ2v) is 6.45. The molecule has 1 aromatic carbocycles. The summed E-state index contributed by atoms with van der Waals surface area (Å²) in [6.45, 7) is 6.46. The number of nitrogens with one attached hydrogen (secondary N) is 2. The van der Waals surface area contributed by atoms with Crippen molar-refractivity contribution in [3.8, 4) is 0 Å². The molecule has 0 aliphatic carbocycles. The molecule has 0 radical (unpaired) electrons. The van der Waals surface area contributed by atoms with Gasteiger partial charge in [0, 0.05) is 12.6 Å². The van der Waals surface area contributed by atoms with E-state index in [0.29, 0.717) is 11.4 Å². The largest absolute Gasteiger partial charge is 0.316 e. The highest BCUT2D eigenvalue weighted by molar-refractivity contribution is 7.89. The average Bonchev–Trinajstić information content (AvgIpc) is 2.38. The number of hydrogen-bond donors (Lipinski definition) is 2. The Morgan fingerprint density at radius 2 is 1.84 bits per heavy atom. The maximum absolute atomic E-state index is 12.4. The predicted molar refractivity (Wildman–Crippen MR) is 78.6 cm³/mol. The highest BCUT2D eigenvalue weighted by atomic mass is 32.2. The van der Waals surface area contributed by atoms with Crippen LogP contribution < -0.4 is 10.0 Å². The van der Waals surface area contributed by atoms with Crippen LogP contribution in [0.2, 0.25) is 0 Å². The Bertz CT molecular complexity index is 508. The molecule has 108 valence electrons. The summed E-state index contributed by atoms with van der Waals surface area (Å²) in [5, 5.41) is 3.03. The molecule has 1 rings (SSSR count). The molecule has 4 nitrogen and oxygen atoms in total. The zero-order valence-corrected chi connectivity index (χ0v) is 13.0. The van der Waals surface area contributed by atoms with E-state index in [2.05, 4.69) is 10.0 Å². The van der Waals surface area contributed by atoms with Crippen LogP contribution in [-0.4, -0.2) is 21.5 Å². The maximum atomic E-state index is 12.4. The average molecular weight is 284 g/mol. The Morgan fingerprint density at radius 1 is 1.21 bits per heavy atom. The van der Waals surface area contributed by atoms with Gasteiger partial charge < -0.3 is 5.32 Å². The molecular formula is C14H24N2O2S. The molecule has 0 saturated heterocycles. The molecule has 0 aliphatic heterocycles. The van der Waals surface area contributed by atoms with Crippen LogP contribution in [0, 0.1) is 6.92 Å². The molecular weight excluding hydrogens is 260 g/mol. The molecule has 0 bridgehead atoms. The third kappa shape index (κ3) is 4.30. The van der Waals surface area contributed by atoms with Crippen molar-refractivity contribution in [2.24, 2.45) is 0 Å². The third-order valence-electron chi connectivity index (χ3n) is 3.23. The fourth-order valence-corrected chi connectivity index (χ4v) is 3.68. The zero-order chi connectivity index (χ0) is 14.5. The van der Waals surface area contributed by atoms with E-state index in [1.807, 2.05) is 40.0 Å². The quantitative estimate of drug-likeness (QED) is 0.807. The van der Waals surface area contributed by atoms with Gasteiger partial charge in [0.05, 0.1) is 4.90 Å². The topological polar surface area (TPSA) is 58.2 Å². The van der Waals surface area contributed by atoms with Crippen molar-refractivity contribution in [3.05, 3.63) is 29.3 Å². The molecule has 0 saturated carbocycles. The van der Waals surface area contributed by atoms with Gasteiger partial charge in [0.25, 0.3) is 0 Å². The van der Waals surface area contributed by atoms with Crippen LogP contribution in [0.1, 0.15) is 37.8 Å². The first-order valence-corrected chi connectivity index (χ1v) is 8.19. The van der Waals surface area contributed by atoms with Crippen LogP contribution >= 0.6 is 0 Å². The molecule has 0 atom stereocenters. The van der Waals surface area contributed by atoms with E-state index in [9.17, 15) is 8.42 Å². The van der Waals surface area contributed by atoms with E-state index in [1.54, 1.807) is 6.07 Å². The Kier molecular flexibility index (Phi) is 5.97. The fourth-order valence-electron chi connectivity index (χ4n) is 1.99. The van der Waals surface area contributed by atoms with E-state index in [4.69, 9.17) is 0 Å². The summed E-state index contributed by atoms with van der Waals surface area (Å²) in [6.07, 6.45) is 1.59. The van der Waals surface area contributed by atoms with Gasteiger partial charge in [-0.2, -0.15) is 0 Å². The summed E-state index contributed by atoms with van der Waals surface area (Å²) >= 11 is 0. The third-order valence-corrected chi connectivity index (χ3v) is 4.89. The van der Waals surface area contributed by atoms with Crippen molar-refractivity contribution in [1.82, 2.24) is 10.0 Å². The first kappa shape index (κ1) is 16.1. The van der Waals surface area contributed by atoms with Crippen LogP contribution in [0.25, 0.3) is 0 Å². The molecule has 0 aliphatic rings. The minimum absolute atomic E-state index is 0.00245. The van der Waals surface area contributed by atoms with Crippen LogP contribution in [-0.2, 0) is 16.6 Å². The first-order valence-electron chi connectivity index (χ1n) is 6.71. The van der Waals surface area contributed by atoms with Crippen LogP contribution in [0.4, 0.5) is 0 Å². The number of rotatable bonds is 7. The maximum Gasteiger partial charge on any atom is 0.241 e. The van der Waals surface area contributed by atoms with Gasteiger partial charge in [0.15, 0.2) is 0 Å². The van der Waals surface area contributed by atoms with Gasteiger partial charge >= 0.3 is 0 Å². The van der Waals surface area contributed by atoms with Gasteiger partial charge in [-0.3, -0.25) is 0 Å². The highest BCUT2D eigenvalue weighted by Crippen LogP contribution is 2.18. The van der Waals surface area contributed by atoms with Crippen molar-refractivity contribution in [3.63, 3.8) is 0 Å². The molecule has 0 spiro atoms. The lowest BCUT2D eigenvalue weighted by Gasteiger charge is -2.17. The summed E-state index contributed by atoms with van der Waals surface area (Å²) in [5.41, 5.74) is 1.75. The number of sulfonamides is 1. The van der Waals surface area contributed by atoms with Gasteiger partial charge in [-0.25, -0.2) is 13.1 Å². The lowest BCUT2D eigenvalue weighted by molar-refractivity contribution is 0.529. The van der Waals surface area contributed by atoms with Crippen LogP contribution in [0.5, 0.6) is 0 Å². The Balaban J connectivity index is 3.09. The summed E-state index contributed by atoms with van der Waals surface area (Å²) in [5.74, 6) is 0. The van der Waals surface area contributed by atoms with E-state index in [0.717, 1.165) is 24.0 Å². The fraction of sp³-hybridized carbons (Fsp3) is 0.571.